The molecule has 1 unspecified atom stereocenters. The molecule has 1 fully saturated rings. The van der Waals surface area contributed by atoms with Crippen LogP contribution in [0.4, 0.5) is 14.7 Å². The second-order valence-electron chi connectivity index (χ2n) is 8.89. The molecule has 1 N–H and O–H groups in total. The van der Waals surface area contributed by atoms with E-state index in [1.165, 1.54) is 6.07 Å². The Labute approximate surface area is 186 Å². The number of piperidine rings is 1. The fourth-order valence-corrected chi connectivity index (χ4v) is 4.24. The van der Waals surface area contributed by atoms with Gasteiger partial charge >= 0.3 is 0 Å². The molecule has 3 aromatic rings. The van der Waals surface area contributed by atoms with Crippen molar-refractivity contribution in [2.45, 2.75) is 58.2 Å². The van der Waals surface area contributed by atoms with Crippen molar-refractivity contribution < 1.29 is 8.78 Å². The number of halogens is 2. The lowest BCUT2D eigenvalue weighted by Crippen LogP contribution is -2.41. The third-order valence-corrected chi connectivity index (χ3v) is 5.89. The van der Waals surface area contributed by atoms with E-state index in [2.05, 4.69) is 15.3 Å². The average molecular weight is 442 g/mol. The van der Waals surface area contributed by atoms with Gasteiger partial charge in [0.25, 0.3) is 11.5 Å². The average Bonchev–Trinajstić information content (AvgIpc) is 2.73. The maximum atomic E-state index is 13.6. The van der Waals surface area contributed by atoms with Crippen LogP contribution in [-0.2, 0) is 6.54 Å². The van der Waals surface area contributed by atoms with E-state index < -0.39 is 5.92 Å². The summed E-state index contributed by atoms with van der Waals surface area (Å²) in [6.07, 6.45) is 2.23. The fourth-order valence-electron chi connectivity index (χ4n) is 4.24. The van der Waals surface area contributed by atoms with Gasteiger partial charge in [-0.1, -0.05) is 24.3 Å². The Morgan fingerprint density at radius 1 is 1.12 bits per heavy atom. The van der Waals surface area contributed by atoms with E-state index in [9.17, 15) is 13.6 Å². The predicted molar refractivity (Wildman–Crippen MR) is 122 cm³/mol. The zero-order chi connectivity index (χ0) is 22.9. The van der Waals surface area contributed by atoms with Crippen molar-refractivity contribution in [3.05, 3.63) is 64.1 Å². The minimum atomic E-state index is -2.59. The summed E-state index contributed by atoms with van der Waals surface area (Å²) in [4.78, 5) is 23.1. The molecule has 6 nitrogen and oxygen atoms in total. The number of likely N-dealkylation sites (tertiary alicyclic amines) is 1. The lowest BCUT2D eigenvalue weighted by Gasteiger charge is -2.32. The van der Waals surface area contributed by atoms with Crippen molar-refractivity contribution >= 4 is 17.0 Å². The number of rotatable bonds is 6. The molecule has 1 atom stereocenters. The van der Waals surface area contributed by atoms with Gasteiger partial charge < -0.3 is 5.32 Å². The molecule has 8 heteroatoms. The van der Waals surface area contributed by atoms with Crippen molar-refractivity contribution in [2.24, 2.45) is 0 Å². The summed E-state index contributed by atoms with van der Waals surface area (Å²) >= 11 is 0. The van der Waals surface area contributed by atoms with Gasteiger partial charge in [0, 0.05) is 36.7 Å². The Kier molecular flexibility index (Phi) is 6.24. The van der Waals surface area contributed by atoms with Crippen LogP contribution in [0.1, 0.15) is 56.8 Å². The van der Waals surface area contributed by atoms with E-state index in [1.54, 1.807) is 16.8 Å². The highest BCUT2D eigenvalue weighted by Crippen LogP contribution is 2.28. The van der Waals surface area contributed by atoms with Crippen LogP contribution >= 0.6 is 0 Å². The number of aromatic nitrogens is 3. The van der Waals surface area contributed by atoms with Gasteiger partial charge in [-0.3, -0.25) is 14.3 Å². The maximum absolute atomic E-state index is 13.6. The summed E-state index contributed by atoms with van der Waals surface area (Å²) in [7, 11) is 0. The van der Waals surface area contributed by atoms with Gasteiger partial charge in [0.05, 0.1) is 12.6 Å². The molecule has 3 heterocycles. The topological polar surface area (TPSA) is 63.1 Å². The van der Waals surface area contributed by atoms with Gasteiger partial charge in [-0.15, -0.1) is 0 Å². The number of benzene rings is 1. The molecule has 0 radical (unpaired) electrons. The first-order valence-electron chi connectivity index (χ1n) is 11.1. The van der Waals surface area contributed by atoms with Gasteiger partial charge in [-0.05, 0) is 50.9 Å². The van der Waals surface area contributed by atoms with Crippen molar-refractivity contribution in [3.63, 3.8) is 0 Å². The van der Waals surface area contributed by atoms with E-state index >= 15 is 0 Å². The monoisotopic (exact) mass is 441 g/mol. The number of pyridine rings is 1. The van der Waals surface area contributed by atoms with Gasteiger partial charge in [0.1, 0.15) is 5.65 Å². The van der Waals surface area contributed by atoms with Gasteiger partial charge in [0.15, 0.2) is 0 Å². The Balaban J connectivity index is 1.47. The van der Waals surface area contributed by atoms with Crippen molar-refractivity contribution in [3.8, 4) is 0 Å². The summed E-state index contributed by atoms with van der Waals surface area (Å²) in [5.74, 6) is -2.14. The zero-order valence-electron chi connectivity index (χ0n) is 18.7. The highest BCUT2D eigenvalue weighted by Gasteiger charge is 2.34. The lowest BCUT2D eigenvalue weighted by molar-refractivity contribution is -0.0661. The molecule has 1 aliphatic heterocycles. The lowest BCUT2D eigenvalue weighted by atomic mass is 10.0. The van der Waals surface area contributed by atoms with Crippen LogP contribution in [0.3, 0.4) is 0 Å². The van der Waals surface area contributed by atoms with Crippen LogP contribution in [0.15, 0.2) is 47.4 Å². The van der Waals surface area contributed by atoms with Crippen LogP contribution in [0.2, 0.25) is 0 Å². The quantitative estimate of drug-likeness (QED) is 0.597. The zero-order valence-corrected chi connectivity index (χ0v) is 18.7. The summed E-state index contributed by atoms with van der Waals surface area (Å²) < 4.78 is 28.9. The van der Waals surface area contributed by atoms with E-state index in [4.69, 9.17) is 0 Å². The fraction of sp³-hybridized carbons (Fsp3) is 0.458. The summed E-state index contributed by atoms with van der Waals surface area (Å²) in [5, 5.41) is 4.11. The standard InChI is InChI=1S/C24H29F2N5O/c1-16(2)31-21(32)10-9-20-13-27-23(29-22(20)31)28-17(3)19-7-5-18(6-8-19)14-30-12-4-11-24(25,26)15-30/h5-10,13,16-17H,4,11-12,14-15H2,1-3H3,(H,27,28,29). The number of nitrogens with zero attached hydrogens (tertiary/aromatic N) is 4. The SMILES string of the molecule is CC(Nc1ncc2ccc(=O)n(C(C)C)c2n1)c1ccc(CN2CCCC(F)(F)C2)cc1. The molecule has 0 saturated carbocycles. The number of hydrogen-bond donors (Lipinski definition) is 1. The molecular formula is C24H29F2N5O. The Morgan fingerprint density at radius 3 is 2.56 bits per heavy atom. The molecule has 0 bridgehead atoms. The second-order valence-corrected chi connectivity index (χ2v) is 8.89. The first kappa shape index (κ1) is 22.3. The number of anilines is 1. The van der Waals surface area contributed by atoms with Crippen LogP contribution in [-0.4, -0.2) is 38.4 Å². The number of hydrogen-bond acceptors (Lipinski definition) is 5. The molecular weight excluding hydrogens is 412 g/mol. The second kappa shape index (κ2) is 8.94. The third-order valence-electron chi connectivity index (χ3n) is 5.89. The number of fused-ring (bicyclic) bond motifs is 1. The minimum Gasteiger partial charge on any atom is -0.348 e. The minimum absolute atomic E-state index is 0.0150. The van der Waals surface area contributed by atoms with Crippen LogP contribution in [0.25, 0.3) is 11.0 Å². The predicted octanol–water partition coefficient (Wildman–Crippen LogP) is 4.78. The van der Waals surface area contributed by atoms with E-state index in [1.807, 2.05) is 49.9 Å². The van der Waals surface area contributed by atoms with Crippen LogP contribution < -0.4 is 10.9 Å². The summed E-state index contributed by atoms with van der Waals surface area (Å²) in [5.41, 5.74) is 2.57. The van der Waals surface area contributed by atoms with Crippen molar-refractivity contribution in [1.82, 2.24) is 19.4 Å². The molecule has 32 heavy (non-hydrogen) atoms. The molecule has 0 spiro atoms. The first-order valence-corrected chi connectivity index (χ1v) is 11.1. The highest BCUT2D eigenvalue weighted by molar-refractivity contribution is 5.75. The third kappa shape index (κ3) is 4.96. The molecule has 1 saturated heterocycles. The Hall–Kier alpha value is -2.87. The van der Waals surface area contributed by atoms with Crippen molar-refractivity contribution in [1.29, 1.82) is 0 Å². The van der Waals surface area contributed by atoms with E-state index in [-0.39, 0.29) is 30.6 Å². The molecule has 2 aromatic heterocycles. The molecule has 4 rings (SSSR count). The van der Waals surface area contributed by atoms with Crippen molar-refractivity contribution in [2.75, 3.05) is 18.4 Å². The van der Waals surface area contributed by atoms with E-state index in [0.717, 1.165) is 16.5 Å². The molecule has 0 amide bonds. The number of nitrogens with one attached hydrogen (secondary N) is 1. The first-order chi connectivity index (χ1) is 15.2. The molecule has 0 aliphatic carbocycles. The van der Waals surface area contributed by atoms with Gasteiger partial charge in [0.2, 0.25) is 5.95 Å². The van der Waals surface area contributed by atoms with Gasteiger partial charge in [-0.25, -0.2) is 13.8 Å². The highest BCUT2D eigenvalue weighted by atomic mass is 19.3. The largest absolute Gasteiger partial charge is 0.348 e. The Bertz CT molecular complexity index is 1140. The summed E-state index contributed by atoms with van der Waals surface area (Å²) in [6.45, 7) is 6.96. The molecule has 1 aliphatic rings. The Morgan fingerprint density at radius 2 is 1.88 bits per heavy atom. The number of alkyl halides is 2. The van der Waals surface area contributed by atoms with Gasteiger partial charge in [-0.2, -0.15) is 4.98 Å². The maximum Gasteiger partial charge on any atom is 0.260 e. The smallest absolute Gasteiger partial charge is 0.260 e. The summed E-state index contributed by atoms with van der Waals surface area (Å²) in [6, 6.07) is 11.2. The molecule has 1 aromatic carbocycles. The van der Waals surface area contributed by atoms with Crippen LogP contribution in [0.5, 0.6) is 0 Å². The van der Waals surface area contributed by atoms with E-state index in [0.29, 0.717) is 31.1 Å². The van der Waals surface area contributed by atoms with Crippen LogP contribution in [0, 0.1) is 0 Å². The molecule has 170 valence electrons. The normalized spacial score (nSPS) is 17.6.